The van der Waals surface area contributed by atoms with Gasteiger partial charge in [0, 0.05) is 41.0 Å². The molecule has 0 aliphatic carbocycles. The van der Waals surface area contributed by atoms with Crippen LogP contribution in [0.1, 0.15) is 23.9 Å². The fourth-order valence-corrected chi connectivity index (χ4v) is 4.77. The van der Waals surface area contributed by atoms with Crippen LogP contribution in [-0.2, 0) is 13.0 Å². The predicted molar refractivity (Wildman–Crippen MR) is 148 cm³/mol. The summed E-state index contributed by atoms with van der Waals surface area (Å²) in [4.78, 5) is 18.2. The summed E-state index contributed by atoms with van der Waals surface area (Å²) in [7, 11) is 0. The highest BCUT2D eigenvalue weighted by Gasteiger charge is 2.22. The van der Waals surface area contributed by atoms with Gasteiger partial charge in [-0.15, -0.1) is 0 Å². The van der Waals surface area contributed by atoms with Crippen LogP contribution in [0.3, 0.4) is 0 Å². The summed E-state index contributed by atoms with van der Waals surface area (Å²) in [6.45, 7) is 5.68. The average Bonchev–Trinajstić information content (AvgIpc) is 3.28. The molecule has 40 heavy (non-hydrogen) atoms. The number of hydrogen-bond acceptors (Lipinski definition) is 8. The molecule has 11 heteroatoms. The van der Waals surface area contributed by atoms with Crippen molar-refractivity contribution in [1.29, 1.82) is 0 Å². The van der Waals surface area contributed by atoms with Crippen LogP contribution in [-0.4, -0.2) is 49.4 Å². The number of aryl methyl sites for hydroxylation is 1. The van der Waals surface area contributed by atoms with Gasteiger partial charge in [0.05, 0.1) is 18.7 Å². The summed E-state index contributed by atoms with van der Waals surface area (Å²) in [5, 5.41) is 12.1. The molecule has 9 nitrogen and oxygen atoms in total. The number of halogens is 2. The normalized spacial score (nSPS) is 13.4. The van der Waals surface area contributed by atoms with Crippen molar-refractivity contribution < 1.29 is 13.5 Å². The van der Waals surface area contributed by atoms with Crippen molar-refractivity contribution in [2.24, 2.45) is 5.92 Å². The van der Waals surface area contributed by atoms with Crippen LogP contribution >= 0.6 is 0 Å². The van der Waals surface area contributed by atoms with Crippen LogP contribution in [0.25, 0.3) is 22.4 Å². The van der Waals surface area contributed by atoms with Crippen LogP contribution < -0.4 is 15.4 Å². The SMILES string of the molecule is CCOc1cc(F)c(Cn2nc(-c3ncc(CC4CNC4)c(Nc4ccnc(C)n4)n3)c3ccccc32)c(F)c1. The maximum Gasteiger partial charge on any atom is 0.182 e. The van der Waals surface area contributed by atoms with E-state index in [1.807, 2.05) is 37.4 Å². The van der Waals surface area contributed by atoms with E-state index in [1.54, 1.807) is 23.9 Å². The molecule has 4 heterocycles. The highest BCUT2D eigenvalue weighted by Crippen LogP contribution is 2.30. The Kier molecular flexibility index (Phi) is 7.04. The minimum atomic E-state index is -0.692. The number of para-hydroxylation sites is 1. The van der Waals surface area contributed by atoms with Crippen molar-refractivity contribution in [3.05, 3.63) is 83.4 Å². The second-order valence-corrected chi connectivity index (χ2v) is 9.73. The Morgan fingerprint density at radius 3 is 2.60 bits per heavy atom. The molecule has 6 rings (SSSR count). The molecule has 5 aromatic rings. The number of anilines is 2. The van der Waals surface area contributed by atoms with Crippen molar-refractivity contribution in [3.8, 4) is 17.3 Å². The zero-order chi connectivity index (χ0) is 27.6. The maximum atomic E-state index is 14.9. The van der Waals surface area contributed by atoms with Crippen molar-refractivity contribution in [1.82, 2.24) is 35.0 Å². The lowest BCUT2D eigenvalue weighted by atomic mass is 9.95. The number of ether oxygens (including phenoxy) is 1. The van der Waals surface area contributed by atoms with Gasteiger partial charge in [0.15, 0.2) is 5.82 Å². The minimum absolute atomic E-state index is 0.102. The first kappa shape index (κ1) is 25.8. The molecule has 2 aromatic carbocycles. The lowest BCUT2D eigenvalue weighted by molar-refractivity contribution is 0.335. The lowest BCUT2D eigenvalue weighted by Crippen LogP contribution is -2.43. The van der Waals surface area contributed by atoms with E-state index in [0.29, 0.717) is 47.0 Å². The third-order valence-corrected chi connectivity index (χ3v) is 6.86. The monoisotopic (exact) mass is 542 g/mol. The van der Waals surface area contributed by atoms with E-state index in [4.69, 9.17) is 14.8 Å². The van der Waals surface area contributed by atoms with E-state index >= 15 is 0 Å². The topological polar surface area (TPSA) is 103 Å². The van der Waals surface area contributed by atoms with Gasteiger partial charge in [-0.05, 0) is 51.4 Å². The maximum absolute atomic E-state index is 14.9. The van der Waals surface area contributed by atoms with Crippen LogP contribution in [0.2, 0.25) is 0 Å². The van der Waals surface area contributed by atoms with Crippen molar-refractivity contribution >= 4 is 22.5 Å². The second-order valence-electron chi connectivity index (χ2n) is 9.73. The van der Waals surface area contributed by atoms with E-state index in [9.17, 15) is 8.78 Å². The van der Waals surface area contributed by atoms with Gasteiger partial charge in [0.2, 0.25) is 0 Å². The fraction of sp³-hybridized carbons (Fsp3) is 0.276. The van der Waals surface area contributed by atoms with E-state index < -0.39 is 11.6 Å². The van der Waals surface area contributed by atoms with Gasteiger partial charge in [-0.1, -0.05) is 18.2 Å². The summed E-state index contributed by atoms with van der Waals surface area (Å²) >= 11 is 0. The van der Waals surface area contributed by atoms with Crippen LogP contribution in [0, 0.1) is 24.5 Å². The number of benzene rings is 2. The van der Waals surface area contributed by atoms with Gasteiger partial charge < -0.3 is 15.4 Å². The predicted octanol–water partition coefficient (Wildman–Crippen LogP) is 4.82. The number of rotatable bonds is 9. The summed E-state index contributed by atoms with van der Waals surface area (Å²) in [6, 6.07) is 11.7. The smallest absolute Gasteiger partial charge is 0.182 e. The Morgan fingerprint density at radius 2 is 1.88 bits per heavy atom. The molecule has 1 aliphatic heterocycles. The minimum Gasteiger partial charge on any atom is -0.494 e. The Balaban J connectivity index is 1.40. The third-order valence-electron chi connectivity index (χ3n) is 6.86. The average molecular weight is 543 g/mol. The van der Waals surface area contributed by atoms with E-state index in [0.717, 1.165) is 30.5 Å². The van der Waals surface area contributed by atoms with Crippen LogP contribution in [0.4, 0.5) is 20.4 Å². The molecule has 0 amide bonds. The largest absolute Gasteiger partial charge is 0.494 e. The van der Waals surface area contributed by atoms with Crippen LogP contribution in [0.5, 0.6) is 5.75 Å². The van der Waals surface area contributed by atoms with Crippen LogP contribution in [0.15, 0.2) is 54.9 Å². The van der Waals surface area contributed by atoms with E-state index in [1.165, 1.54) is 12.1 Å². The quantitative estimate of drug-likeness (QED) is 0.273. The molecule has 0 bridgehead atoms. The number of fused-ring (bicyclic) bond motifs is 1. The Bertz CT molecular complexity index is 1660. The van der Waals surface area contributed by atoms with E-state index in [-0.39, 0.29) is 17.9 Å². The molecule has 1 fully saturated rings. The molecule has 0 unspecified atom stereocenters. The molecule has 1 saturated heterocycles. The third kappa shape index (κ3) is 5.20. The molecule has 2 N–H and O–H groups in total. The number of nitrogens with zero attached hydrogens (tertiary/aromatic N) is 6. The summed E-state index contributed by atoms with van der Waals surface area (Å²) < 4.78 is 36.7. The first-order valence-corrected chi connectivity index (χ1v) is 13.2. The molecule has 0 spiro atoms. The highest BCUT2D eigenvalue weighted by atomic mass is 19.1. The second kappa shape index (κ2) is 10.9. The zero-order valence-electron chi connectivity index (χ0n) is 22.2. The van der Waals surface area contributed by atoms with Gasteiger partial charge >= 0.3 is 0 Å². The molecule has 204 valence electrons. The van der Waals surface area contributed by atoms with Gasteiger partial charge in [0.25, 0.3) is 0 Å². The van der Waals surface area contributed by atoms with Gasteiger partial charge in [-0.2, -0.15) is 5.10 Å². The fourth-order valence-electron chi connectivity index (χ4n) is 4.77. The number of hydrogen-bond donors (Lipinski definition) is 2. The van der Waals surface area contributed by atoms with Gasteiger partial charge in [0.1, 0.15) is 40.5 Å². The number of nitrogens with one attached hydrogen (secondary N) is 2. The Labute approximate surface area is 229 Å². The first-order chi connectivity index (χ1) is 19.5. The number of aromatic nitrogens is 6. The summed E-state index contributed by atoms with van der Waals surface area (Å²) in [5.41, 5.74) is 2.09. The molecule has 0 radical (unpaired) electrons. The van der Waals surface area contributed by atoms with E-state index in [2.05, 4.69) is 25.6 Å². The molecule has 3 aromatic heterocycles. The molecular formula is C29H28F2N8O. The van der Waals surface area contributed by atoms with Gasteiger partial charge in [-0.3, -0.25) is 4.68 Å². The summed E-state index contributed by atoms with van der Waals surface area (Å²) in [5.74, 6) is 1.57. The zero-order valence-corrected chi connectivity index (χ0v) is 22.2. The standard InChI is InChI=1S/C29H28F2N8O/c1-3-40-20-11-23(30)22(24(31)12-20)16-39-25-7-5-4-6-21(25)27(38-39)29-34-15-19(10-18-13-32-14-18)28(37-29)36-26-8-9-33-17(2)35-26/h4-9,11-12,15,18,32H,3,10,13-14,16H2,1-2H3,(H,33,34,35,36,37). The van der Waals surface area contributed by atoms with Crippen molar-refractivity contribution in [2.45, 2.75) is 26.8 Å². The molecule has 0 atom stereocenters. The molecule has 1 aliphatic rings. The highest BCUT2D eigenvalue weighted by molar-refractivity contribution is 5.91. The van der Waals surface area contributed by atoms with Crippen molar-refractivity contribution in [2.75, 3.05) is 25.0 Å². The molecule has 0 saturated carbocycles. The Hall–Kier alpha value is -4.51. The van der Waals surface area contributed by atoms with Crippen molar-refractivity contribution in [3.63, 3.8) is 0 Å². The lowest BCUT2D eigenvalue weighted by Gasteiger charge is -2.27. The Morgan fingerprint density at radius 1 is 1.07 bits per heavy atom. The molecular weight excluding hydrogens is 514 g/mol. The summed E-state index contributed by atoms with van der Waals surface area (Å²) in [6.07, 6.45) is 4.32. The van der Waals surface area contributed by atoms with Gasteiger partial charge in [-0.25, -0.2) is 28.7 Å². The first-order valence-electron chi connectivity index (χ1n) is 13.2.